The van der Waals surface area contributed by atoms with E-state index in [-0.39, 0.29) is 11.6 Å². The van der Waals surface area contributed by atoms with Gasteiger partial charge in [0.25, 0.3) is 0 Å². The molecule has 3 atom stereocenters. The summed E-state index contributed by atoms with van der Waals surface area (Å²) in [4.78, 5) is 1.44. The van der Waals surface area contributed by atoms with Crippen LogP contribution in [0.25, 0.3) is 0 Å². The molecule has 3 unspecified atom stereocenters. The molecule has 0 amide bonds. The Kier molecular flexibility index (Phi) is 5.43. The number of hydrogen-bond acceptors (Lipinski definition) is 3. The maximum Gasteiger partial charge on any atom is 0.0835 e. The lowest BCUT2D eigenvalue weighted by atomic mass is 9.73. The van der Waals surface area contributed by atoms with Crippen LogP contribution in [0.1, 0.15) is 50.8 Å². The summed E-state index contributed by atoms with van der Waals surface area (Å²) in [6, 6.07) is 4.48. The van der Waals surface area contributed by atoms with E-state index in [0.717, 1.165) is 38.2 Å². The molecule has 0 saturated heterocycles. The lowest BCUT2D eigenvalue weighted by Crippen LogP contribution is -2.53. The van der Waals surface area contributed by atoms with Crippen LogP contribution in [-0.4, -0.2) is 18.2 Å². The fourth-order valence-electron chi connectivity index (χ4n) is 3.42. The Labute approximate surface area is 121 Å². The van der Waals surface area contributed by atoms with Gasteiger partial charge in [-0.15, -0.1) is 11.3 Å². The molecule has 0 aromatic carbocycles. The predicted molar refractivity (Wildman–Crippen MR) is 82.6 cm³/mol. The normalized spacial score (nSPS) is 29.3. The lowest BCUT2D eigenvalue weighted by molar-refractivity contribution is -0.0939. The van der Waals surface area contributed by atoms with Gasteiger partial charge in [0.15, 0.2) is 0 Å². The van der Waals surface area contributed by atoms with Gasteiger partial charge in [-0.2, -0.15) is 0 Å². The molecule has 1 aliphatic rings. The first-order chi connectivity index (χ1) is 9.16. The molecule has 2 N–H and O–H groups in total. The zero-order valence-electron chi connectivity index (χ0n) is 12.2. The van der Waals surface area contributed by atoms with Crippen molar-refractivity contribution in [2.45, 2.75) is 64.0 Å². The first-order valence-corrected chi connectivity index (χ1v) is 8.46. The molecule has 19 heavy (non-hydrogen) atoms. The SMILES string of the molecule is CCOC1(C(N)CCc2cccs2)CCCC(C)C1. The Bertz CT molecular complexity index is 361. The average Bonchev–Trinajstić information content (AvgIpc) is 2.89. The van der Waals surface area contributed by atoms with Crippen LogP contribution in [0.5, 0.6) is 0 Å². The monoisotopic (exact) mass is 281 g/mol. The summed E-state index contributed by atoms with van der Waals surface area (Å²) in [5.74, 6) is 0.744. The second kappa shape index (κ2) is 6.87. The highest BCUT2D eigenvalue weighted by molar-refractivity contribution is 7.09. The third-order valence-electron chi connectivity index (χ3n) is 4.38. The highest BCUT2D eigenvalue weighted by Gasteiger charge is 2.40. The van der Waals surface area contributed by atoms with Gasteiger partial charge in [0, 0.05) is 17.5 Å². The van der Waals surface area contributed by atoms with Gasteiger partial charge in [0.2, 0.25) is 0 Å². The molecule has 0 bridgehead atoms. The Hall–Kier alpha value is -0.380. The van der Waals surface area contributed by atoms with Crippen molar-refractivity contribution in [3.8, 4) is 0 Å². The molecule has 0 radical (unpaired) electrons. The van der Waals surface area contributed by atoms with E-state index in [1.807, 2.05) is 11.3 Å². The van der Waals surface area contributed by atoms with E-state index in [2.05, 4.69) is 31.4 Å². The molecule has 1 fully saturated rings. The molecular weight excluding hydrogens is 254 g/mol. The molecule has 1 heterocycles. The zero-order chi connectivity index (χ0) is 13.7. The molecule has 108 valence electrons. The number of rotatable bonds is 6. The van der Waals surface area contributed by atoms with Gasteiger partial charge < -0.3 is 10.5 Å². The second-order valence-corrected chi connectivity index (χ2v) is 6.96. The van der Waals surface area contributed by atoms with Gasteiger partial charge in [-0.25, -0.2) is 0 Å². The van der Waals surface area contributed by atoms with E-state index in [1.165, 1.54) is 17.7 Å². The van der Waals surface area contributed by atoms with Gasteiger partial charge >= 0.3 is 0 Å². The Morgan fingerprint density at radius 3 is 3.05 bits per heavy atom. The summed E-state index contributed by atoms with van der Waals surface area (Å²) in [7, 11) is 0. The summed E-state index contributed by atoms with van der Waals surface area (Å²) in [5, 5.41) is 2.14. The fourth-order valence-corrected chi connectivity index (χ4v) is 4.15. The number of hydrogen-bond donors (Lipinski definition) is 1. The van der Waals surface area contributed by atoms with Crippen LogP contribution in [-0.2, 0) is 11.2 Å². The van der Waals surface area contributed by atoms with Crippen molar-refractivity contribution in [3.05, 3.63) is 22.4 Å². The molecule has 2 nitrogen and oxygen atoms in total. The topological polar surface area (TPSA) is 35.2 Å². The number of aryl methyl sites for hydroxylation is 1. The van der Waals surface area contributed by atoms with E-state index < -0.39 is 0 Å². The van der Waals surface area contributed by atoms with E-state index in [4.69, 9.17) is 10.5 Å². The van der Waals surface area contributed by atoms with Gasteiger partial charge in [0.1, 0.15) is 0 Å². The first-order valence-electron chi connectivity index (χ1n) is 7.58. The van der Waals surface area contributed by atoms with Gasteiger partial charge in [-0.05, 0) is 50.0 Å². The molecule has 2 rings (SSSR count). The van der Waals surface area contributed by atoms with Crippen LogP contribution >= 0.6 is 11.3 Å². The Balaban J connectivity index is 1.97. The van der Waals surface area contributed by atoms with Crippen molar-refractivity contribution in [3.63, 3.8) is 0 Å². The van der Waals surface area contributed by atoms with Gasteiger partial charge in [-0.3, -0.25) is 0 Å². The molecule has 1 aromatic heterocycles. The number of thiophene rings is 1. The molecule has 0 aliphatic heterocycles. The highest BCUT2D eigenvalue weighted by Crippen LogP contribution is 2.38. The van der Waals surface area contributed by atoms with Crippen LogP contribution in [0.15, 0.2) is 17.5 Å². The highest BCUT2D eigenvalue weighted by atomic mass is 32.1. The van der Waals surface area contributed by atoms with Crippen molar-refractivity contribution in [2.24, 2.45) is 11.7 Å². The number of ether oxygens (including phenoxy) is 1. The van der Waals surface area contributed by atoms with Crippen LogP contribution in [0.2, 0.25) is 0 Å². The first kappa shape index (κ1) is 15.0. The second-order valence-electron chi connectivity index (χ2n) is 5.92. The van der Waals surface area contributed by atoms with Crippen molar-refractivity contribution in [1.29, 1.82) is 0 Å². The minimum absolute atomic E-state index is 0.0658. The molecule has 3 heteroatoms. The summed E-state index contributed by atoms with van der Waals surface area (Å²) >= 11 is 1.83. The van der Waals surface area contributed by atoms with E-state index >= 15 is 0 Å². The summed E-state index contributed by atoms with van der Waals surface area (Å²) in [6.07, 6.45) is 6.97. The smallest absolute Gasteiger partial charge is 0.0835 e. The van der Waals surface area contributed by atoms with Crippen molar-refractivity contribution in [1.82, 2.24) is 0 Å². The summed E-state index contributed by atoms with van der Waals surface area (Å²) < 4.78 is 6.15. The maximum atomic E-state index is 6.53. The van der Waals surface area contributed by atoms with Crippen molar-refractivity contribution < 1.29 is 4.74 Å². The molecule has 0 spiro atoms. The predicted octanol–water partition coefficient (Wildman–Crippen LogP) is 3.99. The zero-order valence-corrected chi connectivity index (χ0v) is 13.0. The lowest BCUT2D eigenvalue weighted by Gasteiger charge is -2.44. The molecule has 1 aromatic rings. The third kappa shape index (κ3) is 3.80. The van der Waals surface area contributed by atoms with E-state index in [1.54, 1.807) is 0 Å². The molecular formula is C16H27NOS. The Morgan fingerprint density at radius 1 is 1.58 bits per heavy atom. The fraction of sp³-hybridized carbons (Fsp3) is 0.750. The minimum Gasteiger partial charge on any atom is -0.374 e. The summed E-state index contributed by atoms with van der Waals surface area (Å²) in [5.41, 5.74) is 6.46. The van der Waals surface area contributed by atoms with Crippen molar-refractivity contribution >= 4 is 11.3 Å². The Morgan fingerprint density at radius 2 is 2.42 bits per heavy atom. The number of nitrogens with two attached hydrogens (primary N) is 1. The third-order valence-corrected chi connectivity index (χ3v) is 5.32. The van der Waals surface area contributed by atoms with E-state index in [0.29, 0.717) is 0 Å². The van der Waals surface area contributed by atoms with Crippen LogP contribution < -0.4 is 5.73 Å². The van der Waals surface area contributed by atoms with E-state index in [9.17, 15) is 0 Å². The van der Waals surface area contributed by atoms with Crippen molar-refractivity contribution in [2.75, 3.05) is 6.61 Å². The molecule has 1 aliphatic carbocycles. The van der Waals surface area contributed by atoms with Crippen LogP contribution in [0, 0.1) is 5.92 Å². The standard InChI is InChI=1S/C16H27NOS/c1-3-18-16(10-4-6-13(2)12-16)15(17)9-8-14-7-5-11-19-14/h5,7,11,13,15H,3-4,6,8-10,12,17H2,1-2H3. The summed E-state index contributed by atoms with van der Waals surface area (Å²) in [6.45, 7) is 5.20. The minimum atomic E-state index is -0.0658. The molecule has 1 saturated carbocycles. The largest absolute Gasteiger partial charge is 0.374 e. The van der Waals surface area contributed by atoms with Gasteiger partial charge in [0.05, 0.1) is 5.60 Å². The average molecular weight is 281 g/mol. The quantitative estimate of drug-likeness (QED) is 0.855. The maximum absolute atomic E-state index is 6.53. The van der Waals surface area contributed by atoms with Crippen LogP contribution in [0.4, 0.5) is 0 Å². The van der Waals surface area contributed by atoms with Gasteiger partial charge in [-0.1, -0.05) is 25.8 Å². The van der Waals surface area contributed by atoms with Crippen LogP contribution in [0.3, 0.4) is 0 Å².